The van der Waals surface area contributed by atoms with Crippen LogP contribution in [0.2, 0.25) is 0 Å². The van der Waals surface area contributed by atoms with Crippen molar-refractivity contribution in [3.63, 3.8) is 0 Å². The van der Waals surface area contributed by atoms with Crippen LogP contribution >= 0.6 is 0 Å². The van der Waals surface area contributed by atoms with Crippen LogP contribution in [0.5, 0.6) is 0 Å². The topological polar surface area (TPSA) is 86.4 Å². The van der Waals surface area contributed by atoms with Crippen molar-refractivity contribution in [1.29, 1.82) is 0 Å². The SMILES string of the molecule is CC(C)N(C)[C@H]1CC[C@H](N2CCC(c3nc4c(C(F)(F)F)cccc4[nH]3)C2=O)[C@@H](CS(=O)(=O)c2ccccc2)C1. The number of hydrogen-bond donors (Lipinski definition) is 1. The molecule has 1 saturated carbocycles. The van der Waals surface area contributed by atoms with E-state index in [2.05, 4.69) is 28.7 Å². The van der Waals surface area contributed by atoms with Crippen LogP contribution in [0.4, 0.5) is 13.2 Å². The van der Waals surface area contributed by atoms with E-state index in [1.807, 2.05) is 7.05 Å². The fourth-order valence-corrected chi connectivity index (χ4v) is 8.03. The molecule has 0 radical (unpaired) electrons. The zero-order valence-corrected chi connectivity index (χ0v) is 23.7. The summed E-state index contributed by atoms with van der Waals surface area (Å²) in [7, 11) is -1.54. The number of rotatable bonds is 7. The van der Waals surface area contributed by atoms with Crippen LogP contribution in [0.15, 0.2) is 53.4 Å². The number of sulfone groups is 1. The van der Waals surface area contributed by atoms with Gasteiger partial charge in [0.2, 0.25) is 5.91 Å². The van der Waals surface area contributed by atoms with E-state index in [-0.39, 0.29) is 51.4 Å². The number of amides is 1. The molecule has 0 spiro atoms. The van der Waals surface area contributed by atoms with Gasteiger partial charge >= 0.3 is 6.18 Å². The van der Waals surface area contributed by atoms with E-state index in [9.17, 15) is 26.4 Å². The molecule has 1 unspecified atom stereocenters. The number of benzene rings is 2. The molecule has 1 aliphatic heterocycles. The fourth-order valence-electron chi connectivity index (χ4n) is 6.34. The van der Waals surface area contributed by atoms with Gasteiger partial charge in [-0.3, -0.25) is 4.79 Å². The van der Waals surface area contributed by atoms with E-state index in [1.165, 1.54) is 12.1 Å². The number of fused-ring (bicyclic) bond motifs is 1. The van der Waals surface area contributed by atoms with Crippen molar-refractivity contribution < 1.29 is 26.4 Å². The molecule has 5 rings (SSSR count). The number of halogens is 3. The summed E-state index contributed by atoms with van der Waals surface area (Å²) in [5, 5.41) is 0. The second kappa shape index (κ2) is 10.8. The highest BCUT2D eigenvalue weighted by Crippen LogP contribution is 2.40. The lowest BCUT2D eigenvalue weighted by Gasteiger charge is -2.44. The van der Waals surface area contributed by atoms with Crippen LogP contribution in [0.25, 0.3) is 11.0 Å². The summed E-state index contributed by atoms with van der Waals surface area (Å²) >= 11 is 0. The highest BCUT2D eigenvalue weighted by molar-refractivity contribution is 7.91. The summed E-state index contributed by atoms with van der Waals surface area (Å²) in [6, 6.07) is 12.4. The number of aromatic nitrogens is 2. The number of carbonyl (C=O) groups is 1. The first kappa shape index (κ1) is 28.6. The molecule has 11 heteroatoms. The summed E-state index contributed by atoms with van der Waals surface area (Å²) in [6.45, 7) is 4.62. The molecule has 3 aromatic rings. The molecule has 40 heavy (non-hydrogen) atoms. The summed E-state index contributed by atoms with van der Waals surface area (Å²) < 4.78 is 67.5. The number of carbonyl (C=O) groups excluding carboxylic acids is 1. The maximum atomic E-state index is 13.8. The Bertz CT molecular complexity index is 1470. The molecule has 1 amide bonds. The Labute approximate surface area is 232 Å². The van der Waals surface area contributed by atoms with E-state index in [0.29, 0.717) is 31.8 Å². The predicted molar refractivity (Wildman–Crippen MR) is 146 cm³/mol. The number of aromatic amines is 1. The number of nitrogens with zero attached hydrogens (tertiary/aromatic N) is 3. The van der Waals surface area contributed by atoms with Gasteiger partial charge in [0, 0.05) is 24.7 Å². The van der Waals surface area contributed by atoms with E-state index in [4.69, 9.17) is 0 Å². The van der Waals surface area contributed by atoms with Crippen LogP contribution in [-0.4, -0.2) is 71.6 Å². The van der Waals surface area contributed by atoms with Crippen molar-refractivity contribution in [2.75, 3.05) is 19.3 Å². The third-order valence-corrected chi connectivity index (χ3v) is 10.5. The van der Waals surface area contributed by atoms with Crippen molar-refractivity contribution >= 4 is 26.8 Å². The average molecular weight is 577 g/mol. The molecule has 2 fully saturated rings. The number of hydrogen-bond acceptors (Lipinski definition) is 5. The van der Waals surface area contributed by atoms with Gasteiger partial charge in [0.1, 0.15) is 11.3 Å². The van der Waals surface area contributed by atoms with Gasteiger partial charge in [0.15, 0.2) is 9.84 Å². The molecule has 2 aromatic carbocycles. The highest BCUT2D eigenvalue weighted by Gasteiger charge is 2.45. The average Bonchev–Trinajstić information content (AvgIpc) is 3.51. The third-order valence-electron chi connectivity index (χ3n) is 8.65. The van der Waals surface area contributed by atoms with Crippen molar-refractivity contribution in [1.82, 2.24) is 19.8 Å². The van der Waals surface area contributed by atoms with Crippen LogP contribution in [0.3, 0.4) is 0 Å². The van der Waals surface area contributed by atoms with Gasteiger partial charge in [-0.25, -0.2) is 13.4 Å². The Morgan fingerprint density at radius 3 is 2.48 bits per heavy atom. The molecule has 1 aromatic heterocycles. The minimum absolute atomic E-state index is 0.0713. The first-order valence-corrected chi connectivity index (χ1v) is 15.4. The third kappa shape index (κ3) is 5.50. The molecule has 1 saturated heterocycles. The molecule has 216 valence electrons. The van der Waals surface area contributed by atoms with Crippen molar-refractivity contribution in [2.45, 2.75) is 74.6 Å². The van der Waals surface area contributed by atoms with Gasteiger partial charge < -0.3 is 14.8 Å². The lowest BCUT2D eigenvalue weighted by molar-refractivity contribution is -0.136. The Morgan fingerprint density at radius 1 is 1.07 bits per heavy atom. The second-order valence-electron chi connectivity index (χ2n) is 11.3. The maximum Gasteiger partial charge on any atom is 0.418 e. The Hall–Kier alpha value is -2.92. The first-order chi connectivity index (χ1) is 18.9. The van der Waals surface area contributed by atoms with Gasteiger partial charge in [-0.05, 0) is 76.8 Å². The van der Waals surface area contributed by atoms with Crippen LogP contribution in [0.1, 0.15) is 56.8 Å². The number of likely N-dealkylation sites (tertiary alicyclic amines) is 1. The maximum absolute atomic E-state index is 13.8. The summed E-state index contributed by atoms with van der Waals surface area (Å²) in [6.07, 6.45) is -2.02. The molecule has 0 bridgehead atoms. The van der Waals surface area contributed by atoms with Crippen LogP contribution in [-0.2, 0) is 20.8 Å². The summed E-state index contributed by atoms with van der Waals surface area (Å²) in [5.41, 5.74) is -0.797. The summed E-state index contributed by atoms with van der Waals surface area (Å²) in [5.74, 6) is -1.04. The number of alkyl halides is 3. The fraction of sp³-hybridized carbons (Fsp3) is 0.517. The lowest BCUT2D eigenvalue weighted by Crippen LogP contribution is -2.51. The minimum Gasteiger partial charge on any atom is -0.341 e. The largest absolute Gasteiger partial charge is 0.418 e. The zero-order chi connectivity index (χ0) is 28.8. The smallest absolute Gasteiger partial charge is 0.341 e. The van der Waals surface area contributed by atoms with Gasteiger partial charge in [0.25, 0.3) is 0 Å². The van der Waals surface area contributed by atoms with Gasteiger partial charge in [-0.1, -0.05) is 24.3 Å². The van der Waals surface area contributed by atoms with Gasteiger partial charge in [-0.2, -0.15) is 13.2 Å². The quantitative estimate of drug-likeness (QED) is 0.415. The normalized spacial score (nSPS) is 24.5. The number of nitrogens with one attached hydrogen (secondary N) is 1. The van der Waals surface area contributed by atoms with E-state index in [0.717, 1.165) is 12.5 Å². The van der Waals surface area contributed by atoms with E-state index < -0.39 is 27.5 Å². The molecule has 2 aliphatic rings. The molecule has 2 heterocycles. The molecule has 7 nitrogen and oxygen atoms in total. The van der Waals surface area contributed by atoms with Crippen molar-refractivity contribution in [3.05, 3.63) is 59.9 Å². The van der Waals surface area contributed by atoms with Crippen molar-refractivity contribution in [2.24, 2.45) is 5.92 Å². The standard InChI is InChI=1S/C29H35F3N4O3S/c1-18(2)35(3)20-12-13-25(19(16-20)17-40(38,39)21-8-5-4-6-9-21)36-15-14-22(28(36)37)27-33-24-11-7-10-23(26(24)34-27)29(30,31)32/h4-11,18-20,22,25H,12-17H2,1-3H3,(H,33,34)/t19-,20+,22?,25+/m1/s1. The van der Waals surface area contributed by atoms with Gasteiger partial charge in [0.05, 0.1) is 27.6 Å². The molecular formula is C29H35F3N4O3S. The van der Waals surface area contributed by atoms with Crippen LogP contribution < -0.4 is 0 Å². The van der Waals surface area contributed by atoms with Crippen molar-refractivity contribution in [3.8, 4) is 0 Å². The second-order valence-corrected chi connectivity index (χ2v) is 13.4. The van der Waals surface area contributed by atoms with E-state index in [1.54, 1.807) is 35.2 Å². The Balaban J connectivity index is 1.42. The van der Waals surface area contributed by atoms with Gasteiger partial charge in [-0.15, -0.1) is 0 Å². The lowest BCUT2D eigenvalue weighted by atomic mass is 9.81. The number of para-hydroxylation sites is 1. The zero-order valence-electron chi connectivity index (χ0n) is 22.9. The minimum atomic E-state index is -4.56. The van der Waals surface area contributed by atoms with Crippen LogP contribution in [0, 0.1) is 5.92 Å². The number of H-pyrrole nitrogens is 1. The molecule has 1 aliphatic carbocycles. The van der Waals surface area contributed by atoms with E-state index >= 15 is 0 Å². The molecule has 1 N–H and O–H groups in total. The first-order valence-electron chi connectivity index (χ1n) is 13.7. The Kier molecular flexibility index (Phi) is 7.73. The highest BCUT2D eigenvalue weighted by atomic mass is 32.2. The summed E-state index contributed by atoms with van der Waals surface area (Å²) in [4.78, 5) is 25.2. The monoisotopic (exact) mass is 576 g/mol. The molecule has 4 atom stereocenters. The Morgan fingerprint density at radius 2 is 1.80 bits per heavy atom. The number of imidazole rings is 1. The predicted octanol–water partition coefficient (Wildman–Crippen LogP) is 5.25. The molecular weight excluding hydrogens is 541 g/mol.